The van der Waals surface area contributed by atoms with Gasteiger partial charge in [0.25, 0.3) is 0 Å². The molecule has 0 aliphatic rings. The van der Waals surface area contributed by atoms with Gasteiger partial charge in [-0.05, 0) is 35.1 Å². The molecule has 0 radical (unpaired) electrons. The molecule has 0 bridgehead atoms. The van der Waals surface area contributed by atoms with E-state index >= 15 is 0 Å². The van der Waals surface area contributed by atoms with Gasteiger partial charge in [-0.15, -0.1) is 6.58 Å². The third kappa shape index (κ3) is 5.64. The van der Waals surface area contributed by atoms with E-state index in [-0.39, 0.29) is 11.1 Å². The fourth-order valence-corrected chi connectivity index (χ4v) is 2.88. The summed E-state index contributed by atoms with van der Waals surface area (Å²) in [6.07, 6.45) is 6.42. The predicted molar refractivity (Wildman–Crippen MR) is 84.7 cm³/mol. The van der Waals surface area contributed by atoms with Gasteiger partial charge >= 0.3 is 0 Å². The van der Waals surface area contributed by atoms with Crippen molar-refractivity contribution in [2.45, 2.75) is 57.8 Å². The van der Waals surface area contributed by atoms with Crippen LogP contribution in [0.2, 0.25) is 18.1 Å². The summed E-state index contributed by atoms with van der Waals surface area (Å²) in [6.45, 7) is 15.2. The first-order valence-electron chi connectivity index (χ1n) is 5.80. The highest BCUT2D eigenvalue weighted by Crippen LogP contribution is 2.37. The van der Waals surface area contributed by atoms with Crippen LogP contribution in [0.15, 0.2) is 22.8 Å². The monoisotopic (exact) mass is 352 g/mol. The molecular formula is C13H25IOSi. The van der Waals surface area contributed by atoms with E-state index < -0.39 is 8.32 Å². The minimum absolute atomic E-state index is 0.246. The lowest BCUT2D eigenvalue weighted by atomic mass is 10.2. The summed E-state index contributed by atoms with van der Waals surface area (Å²) >= 11 is 2.26. The molecule has 0 spiro atoms. The molecule has 0 aliphatic carbocycles. The predicted octanol–water partition coefficient (Wildman–Crippen LogP) is 5.29. The zero-order chi connectivity index (χ0) is 12.8. The van der Waals surface area contributed by atoms with E-state index in [0.29, 0.717) is 0 Å². The summed E-state index contributed by atoms with van der Waals surface area (Å²) in [7, 11) is -1.64. The van der Waals surface area contributed by atoms with E-state index in [2.05, 4.69) is 73.2 Å². The number of hydrogen-bond acceptors (Lipinski definition) is 1. The van der Waals surface area contributed by atoms with Gasteiger partial charge in [-0.2, -0.15) is 0 Å². The first-order chi connectivity index (χ1) is 7.24. The van der Waals surface area contributed by atoms with Crippen LogP contribution in [0.5, 0.6) is 0 Å². The van der Waals surface area contributed by atoms with E-state index in [0.717, 1.165) is 12.8 Å². The van der Waals surface area contributed by atoms with Crippen LogP contribution in [-0.4, -0.2) is 14.4 Å². The van der Waals surface area contributed by atoms with E-state index in [1.165, 1.54) is 0 Å². The topological polar surface area (TPSA) is 9.23 Å². The Hall–Kier alpha value is 0.387. The van der Waals surface area contributed by atoms with Crippen molar-refractivity contribution in [1.82, 2.24) is 0 Å². The summed E-state index contributed by atoms with van der Waals surface area (Å²) in [4.78, 5) is 0. The third-order valence-electron chi connectivity index (χ3n) is 3.19. The second kappa shape index (κ2) is 6.96. The van der Waals surface area contributed by atoms with Crippen LogP contribution in [-0.2, 0) is 4.43 Å². The van der Waals surface area contributed by atoms with Gasteiger partial charge in [0.2, 0.25) is 0 Å². The number of hydrogen-bond donors (Lipinski definition) is 0. The van der Waals surface area contributed by atoms with Gasteiger partial charge < -0.3 is 4.43 Å². The summed E-state index contributed by atoms with van der Waals surface area (Å²) in [5, 5.41) is 0.276. The molecule has 0 unspecified atom stereocenters. The van der Waals surface area contributed by atoms with E-state index in [4.69, 9.17) is 4.43 Å². The summed E-state index contributed by atoms with van der Waals surface area (Å²) in [6, 6.07) is 0. The zero-order valence-electron chi connectivity index (χ0n) is 11.2. The summed E-state index contributed by atoms with van der Waals surface area (Å²) in [5.41, 5.74) is 0. The Bertz CT molecular complexity index is 241. The van der Waals surface area contributed by atoms with Gasteiger partial charge in [0.15, 0.2) is 8.32 Å². The van der Waals surface area contributed by atoms with Crippen LogP contribution in [0.3, 0.4) is 0 Å². The maximum Gasteiger partial charge on any atom is 0.192 e. The minimum Gasteiger partial charge on any atom is -0.411 e. The molecule has 94 valence electrons. The van der Waals surface area contributed by atoms with Crippen molar-refractivity contribution in [2.75, 3.05) is 0 Å². The van der Waals surface area contributed by atoms with E-state index in [1.807, 2.05) is 6.08 Å². The van der Waals surface area contributed by atoms with Crippen LogP contribution in [0.1, 0.15) is 33.6 Å². The van der Waals surface area contributed by atoms with Gasteiger partial charge in [0, 0.05) is 0 Å². The highest BCUT2D eigenvalue weighted by Gasteiger charge is 2.38. The molecular weight excluding hydrogens is 327 g/mol. The normalized spacial score (nSPS) is 15.4. The molecule has 0 fully saturated rings. The number of allylic oxidation sites excluding steroid dienone is 1. The van der Waals surface area contributed by atoms with Crippen molar-refractivity contribution in [3.63, 3.8) is 0 Å². The molecule has 0 amide bonds. The Balaban J connectivity index is 4.55. The Labute approximate surface area is 116 Å². The second-order valence-electron chi connectivity index (χ2n) is 5.60. The largest absolute Gasteiger partial charge is 0.411 e. The number of halogens is 1. The molecule has 16 heavy (non-hydrogen) atoms. The lowest BCUT2D eigenvalue weighted by molar-refractivity contribution is 0.216. The van der Waals surface area contributed by atoms with Crippen LogP contribution in [0.25, 0.3) is 0 Å². The summed E-state index contributed by atoms with van der Waals surface area (Å²) < 4.78 is 8.40. The van der Waals surface area contributed by atoms with Crippen LogP contribution in [0, 0.1) is 0 Å². The van der Waals surface area contributed by atoms with Crippen LogP contribution >= 0.6 is 22.6 Å². The van der Waals surface area contributed by atoms with Crippen molar-refractivity contribution in [3.05, 3.63) is 22.8 Å². The maximum absolute atomic E-state index is 6.34. The van der Waals surface area contributed by atoms with Gasteiger partial charge in [0.05, 0.1) is 6.10 Å². The molecule has 0 N–H and O–H groups in total. The van der Waals surface area contributed by atoms with Gasteiger partial charge in [0.1, 0.15) is 0 Å². The van der Waals surface area contributed by atoms with Crippen LogP contribution in [0.4, 0.5) is 0 Å². The second-order valence-corrected chi connectivity index (χ2v) is 11.1. The van der Waals surface area contributed by atoms with E-state index in [1.54, 1.807) is 0 Å². The number of rotatable bonds is 6. The van der Waals surface area contributed by atoms with Gasteiger partial charge in [-0.25, -0.2) is 0 Å². The molecule has 0 aromatic heterocycles. The zero-order valence-corrected chi connectivity index (χ0v) is 14.4. The van der Waals surface area contributed by atoms with Crippen molar-refractivity contribution >= 4 is 30.9 Å². The molecule has 0 aromatic carbocycles. The van der Waals surface area contributed by atoms with Crippen LogP contribution < -0.4 is 0 Å². The fourth-order valence-electron chi connectivity index (χ4n) is 1.11. The Morgan fingerprint density at radius 1 is 1.38 bits per heavy atom. The maximum atomic E-state index is 6.34. The van der Waals surface area contributed by atoms with Crippen molar-refractivity contribution < 1.29 is 4.43 Å². The van der Waals surface area contributed by atoms with Crippen molar-refractivity contribution in [3.8, 4) is 0 Å². The molecule has 0 aromatic rings. The van der Waals surface area contributed by atoms with Crippen molar-refractivity contribution in [2.24, 2.45) is 0 Å². The standard InChI is InChI=1S/C13H25IOSi/c1-7-8-9-12(10-11-14)15-16(5,6)13(2,3)4/h7,10-12H,1,8-9H2,2-6H3/b11-10-/t12-/m0/s1. The molecule has 0 rings (SSSR count). The fraction of sp³-hybridized carbons (Fsp3) is 0.692. The highest BCUT2D eigenvalue weighted by molar-refractivity contribution is 14.1. The quantitative estimate of drug-likeness (QED) is 0.358. The first kappa shape index (κ1) is 16.4. The molecule has 1 nitrogen and oxygen atoms in total. The summed E-state index contributed by atoms with van der Waals surface area (Å²) in [5.74, 6) is 0. The van der Waals surface area contributed by atoms with E-state index in [9.17, 15) is 0 Å². The SMILES string of the molecule is C=CCC[C@@H](/C=C\I)O[Si](C)(C)C(C)(C)C. The molecule has 0 saturated heterocycles. The minimum atomic E-state index is -1.64. The molecule has 0 saturated carbocycles. The Morgan fingerprint density at radius 3 is 2.31 bits per heavy atom. The first-order valence-corrected chi connectivity index (χ1v) is 9.95. The third-order valence-corrected chi connectivity index (χ3v) is 8.11. The smallest absolute Gasteiger partial charge is 0.192 e. The Kier molecular flexibility index (Phi) is 7.13. The highest BCUT2D eigenvalue weighted by atomic mass is 127. The Morgan fingerprint density at radius 2 is 1.94 bits per heavy atom. The molecule has 3 heteroatoms. The van der Waals surface area contributed by atoms with Gasteiger partial charge in [-0.1, -0.05) is 55.5 Å². The molecule has 0 aliphatic heterocycles. The molecule has 0 heterocycles. The molecule has 1 atom stereocenters. The lowest BCUT2D eigenvalue weighted by Gasteiger charge is -2.38. The average molecular weight is 352 g/mol. The lowest BCUT2D eigenvalue weighted by Crippen LogP contribution is -2.43. The van der Waals surface area contributed by atoms with Gasteiger partial charge in [-0.3, -0.25) is 0 Å². The van der Waals surface area contributed by atoms with Crippen molar-refractivity contribution in [1.29, 1.82) is 0 Å². The average Bonchev–Trinajstić information content (AvgIpc) is 2.12.